The zero-order valence-corrected chi connectivity index (χ0v) is 16.2. The summed E-state index contributed by atoms with van der Waals surface area (Å²) in [6, 6.07) is 7.47. The molecule has 1 fully saturated rings. The standard InChI is InChI=1S/C19H27NO4S/c1-18(2,13-16(21)22)25-15-7-5-14(6-8-15)17(23)19(3,4)20-9-11-24-12-10-20/h5-8H,9-13H2,1-4H3,(H,21,22). The van der Waals surface area contributed by atoms with Gasteiger partial charge in [0.25, 0.3) is 0 Å². The lowest BCUT2D eigenvalue weighted by Gasteiger charge is -2.39. The van der Waals surface area contributed by atoms with Crippen LogP contribution in [0.25, 0.3) is 0 Å². The summed E-state index contributed by atoms with van der Waals surface area (Å²) in [7, 11) is 0. The highest BCUT2D eigenvalue weighted by Gasteiger charge is 2.36. The number of carboxylic acid groups (broad SMARTS) is 1. The molecule has 138 valence electrons. The van der Waals surface area contributed by atoms with Crippen molar-refractivity contribution in [2.75, 3.05) is 26.3 Å². The van der Waals surface area contributed by atoms with Crippen molar-refractivity contribution in [1.29, 1.82) is 0 Å². The fraction of sp³-hybridized carbons (Fsp3) is 0.579. The quantitative estimate of drug-likeness (QED) is 0.591. The minimum atomic E-state index is -0.809. The maximum Gasteiger partial charge on any atom is 0.304 e. The van der Waals surface area contributed by atoms with Gasteiger partial charge in [0.1, 0.15) is 0 Å². The van der Waals surface area contributed by atoms with Crippen LogP contribution >= 0.6 is 11.8 Å². The molecule has 2 rings (SSSR count). The number of benzene rings is 1. The minimum Gasteiger partial charge on any atom is -0.481 e. The van der Waals surface area contributed by atoms with Crippen LogP contribution in [0.15, 0.2) is 29.2 Å². The Bertz CT molecular complexity index is 619. The van der Waals surface area contributed by atoms with Crippen LogP contribution in [0, 0.1) is 0 Å². The summed E-state index contributed by atoms with van der Waals surface area (Å²) < 4.78 is 4.97. The number of rotatable bonds is 7. The Morgan fingerprint density at radius 3 is 2.20 bits per heavy atom. The van der Waals surface area contributed by atoms with Crippen LogP contribution in [0.2, 0.25) is 0 Å². The van der Waals surface area contributed by atoms with Crippen molar-refractivity contribution in [2.24, 2.45) is 0 Å². The van der Waals surface area contributed by atoms with E-state index in [9.17, 15) is 9.59 Å². The van der Waals surface area contributed by atoms with Gasteiger partial charge in [0.2, 0.25) is 0 Å². The average molecular weight is 365 g/mol. The third kappa shape index (κ3) is 5.30. The molecule has 1 aromatic carbocycles. The van der Waals surface area contributed by atoms with Gasteiger partial charge in [-0.2, -0.15) is 0 Å². The molecule has 1 aliphatic rings. The highest BCUT2D eigenvalue weighted by molar-refractivity contribution is 8.00. The Morgan fingerprint density at radius 1 is 1.12 bits per heavy atom. The number of hydrogen-bond donors (Lipinski definition) is 1. The van der Waals surface area contributed by atoms with Gasteiger partial charge < -0.3 is 9.84 Å². The molecule has 6 heteroatoms. The van der Waals surface area contributed by atoms with Gasteiger partial charge in [-0.1, -0.05) is 12.1 Å². The average Bonchev–Trinajstić information content (AvgIpc) is 2.54. The van der Waals surface area contributed by atoms with Gasteiger partial charge in [-0.25, -0.2) is 0 Å². The van der Waals surface area contributed by atoms with Gasteiger partial charge in [0.05, 0.1) is 25.2 Å². The van der Waals surface area contributed by atoms with E-state index < -0.39 is 16.3 Å². The van der Waals surface area contributed by atoms with Crippen LogP contribution in [-0.2, 0) is 9.53 Å². The third-order valence-corrected chi connectivity index (χ3v) is 5.65. The molecule has 0 aliphatic carbocycles. The number of carbonyl (C=O) groups excluding carboxylic acids is 1. The molecular formula is C19H27NO4S. The summed E-state index contributed by atoms with van der Waals surface area (Å²) in [6.07, 6.45) is 0.0857. The van der Waals surface area contributed by atoms with Gasteiger partial charge in [-0.15, -0.1) is 11.8 Å². The molecule has 5 nitrogen and oxygen atoms in total. The summed E-state index contributed by atoms with van der Waals surface area (Å²) >= 11 is 1.51. The maximum absolute atomic E-state index is 12.9. The maximum atomic E-state index is 12.9. The monoisotopic (exact) mass is 365 g/mol. The molecule has 1 heterocycles. The van der Waals surface area contributed by atoms with E-state index in [1.165, 1.54) is 11.8 Å². The Labute approximate surface area is 153 Å². The lowest BCUT2D eigenvalue weighted by Crippen LogP contribution is -2.54. The molecule has 0 saturated carbocycles. The molecule has 0 bridgehead atoms. The number of aliphatic carboxylic acids is 1. The highest BCUT2D eigenvalue weighted by atomic mass is 32.2. The van der Waals surface area contributed by atoms with Crippen LogP contribution in [0.5, 0.6) is 0 Å². The molecule has 0 radical (unpaired) electrons. The molecule has 0 atom stereocenters. The van der Waals surface area contributed by atoms with Gasteiger partial charge in [0, 0.05) is 28.3 Å². The van der Waals surface area contributed by atoms with Crippen LogP contribution in [-0.4, -0.2) is 58.3 Å². The number of Topliss-reactive ketones (excluding diaryl/α,β-unsaturated/α-hetero) is 1. The van der Waals surface area contributed by atoms with Crippen molar-refractivity contribution in [3.63, 3.8) is 0 Å². The number of ether oxygens (including phenoxy) is 1. The van der Waals surface area contributed by atoms with Gasteiger partial charge in [-0.3, -0.25) is 14.5 Å². The van der Waals surface area contributed by atoms with E-state index in [0.29, 0.717) is 18.8 Å². The van der Waals surface area contributed by atoms with Crippen LogP contribution in [0.1, 0.15) is 44.5 Å². The van der Waals surface area contributed by atoms with Crippen molar-refractivity contribution in [3.8, 4) is 0 Å². The number of morpholine rings is 1. The zero-order chi connectivity index (χ0) is 18.7. The Kier molecular flexibility index (Phi) is 6.30. The van der Waals surface area contributed by atoms with E-state index in [2.05, 4.69) is 4.90 Å². The van der Waals surface area contributed by atoms with Crippen LogP contribution in [0.3, 0.4) is 0 Å². The largest absolute Gasteiger partial charge is 0.481 e. The topological polar surface area (TPSA) is 66.8 Å². The predicted octanol–water partition coefficient (Wildman–Crippen LogP) is 3.33. The number of nitrogens with zero attached hydrogens (tertiary/aromatic N) is 1. The number of ketones is 1. The third-order valence-electron chi connectivity index (χ3n) is 4.44. The molecule has 0 spiro atoms. The Hall–Kier alpha value is -1.37. The summed E-state index contributed by atoms with van der Waals surface area (Å²) in [5.41, 5.74) is 0.109. The fourth-order valence-corrected chi connectivity index (χ4v) is 4.12. The van der Waals surface area contributed by atoms with Crippen LogP contribution < -0.4 is 0 Å². The molecule has 0 unspecified atom stereocenters. The number of hydrogen-bond acceptors (Lipinski definition) is 5. The molecule has 25 heavy (non-hydrogen) atoms. The summed E-state index contributed by atoms with van der Waals surface area (Å²) in [6.45, 7) is 10.6. The van der Waals surface area contributed by atoms with Crippen molar-refractivity contribution in [1.82, 2.24) is 4.90 Å². The van der Waals surface area contributed by atoms with E-state index in [-0.39, 0.29) is 12.2 Å². The number of thioether (sulfide) groups is 1. The van der Waals surface area contributed by atoms with Crippen molar-refractivity contribution < 1.29 is 19.4 Å². The number of carboxylic acids is 1. The zero-order valence-electron chi connectivity index (χ0n) is 15.4. The first-order valence-electron chi connectivity index (χ1n) is 8.50. The van der Waals surface area contributed by atoms with Crippen LogP contribution in [0.4, 0.5) is 0 Å². The normalized spacial score (nSPS) is 16.6. The Morgan fingerprint density at radius 2 is 1.68 bits per heavy atom. The second kappa shape index (κ2) is 7.89. The van der Waals surface area contributed by atoms with Gasteiger partial charge in [-0.05, 0) is 39.8 Å². The minimum absolute atomic E-state index is 0.0857. The van der Waals surface area contributed by atoms with Crippen molar-refractivity contribution >= 4 is 23.5 Å². The first-order chi connectivity index (χ1) is 11.6. The molecule has 0 aromatic heterocycles. The fourth-order valence-electron chi connectivity index (χ4n) is 3.01. The smallest absolute Gasteiger partial charge is 0.304 e. The van der Waals surface area contributed by atoms with E-state index in [1.807, 2.05) is 52.0 Å². The van der Waals surface area contributed by atoms with Crippen molar-refractivity contribution in [2.45, 2.75) is 49.3 Å². The van der Waals surface area contributed by atoms with Gasteiger partial charge in [0.15, 0.2) is 5.78 Å². The lowest BCUT2D eigenvalue weighted by molar-refractivity contribution is -0.137. The lowest BCUT2D eigenvalue weighted by atomic mass is 9.91. The number of carbonyl (C=O) groups is 2. The second-order valence-electron chi connectivity index (χ2n) is 7.44. The molecule has 1 N–H and O–H groups in total. The summed E-state index contributed by atoms with van der Waals surface area (Å²) in [5.74, 6) is -0.715. The molecule has 1 aliphatic heterocycles. The SMILES string of the molecule is CC(C)(CC(=O)O)Sc1ccc(C(=O)C(C)(C)N2CCOCC2)cc1. The first kappa shape index (κ1) is 19.9. The van der Waals surface area contributed by atoms with E-state index >= 15 is 0 Å². The van der Waals surface area contributed by atoms with E-state index in [4.69, 9.17) is 9.84 Å². The molecule has 1 saturated heterocycles. The van der Waals surface area contributed by atoms with Crippen molar-refractivity contribution in [3.05, 3.63) is 29.8 Å². The Balaban J connectivity index is 2.08. The van der Waals surface area contributed by atoms with Gasteiger partial charge >= 0.3 is 5.97 Å². The van der Waals surface area contributed by atoms with E-state index in [0.717, 1.165) is 18.0 Å². The molecular weight excluding hydrogens is 338 g/mol. The summed E-state index contributed by atoms with van der Waals surface area (Å²) in [5, 5.41) is 8.99. The first-order valence-corrected chi connectivity index (χ1v) is 9.32. The predicted molar refractivity (Wildman–Crippen MR) is 99.4 cm³/mol. The molecule has 1 aromatic rings. The second-order valence-corrected chi connectivity index (χ2v) is 9.22. The molecule has 0 amide bonds. The highest BCUT2D eigenvalue weighted by Crippen LogP contribution is 2.35. The van der Waals surface area contributed by atoms with E-state index in [1.54, 1.807) is 0 Å². The summed E-state index contributed by atoms with van der Waals surface area (Å²) in [4.78, 5) is 27.0.